The van der Waals surface area contributed by atoms with Gasteiger partial charge < -0.3 is 9.47 Å². The van der Waals surface area contributed by atoms with Gasteiger partial charge in [0.1, 0.15) is 11.8 Å². The summed E-state index contributed by atoms with van der Waals surface area (Å²) in [5.74, 6) is -0.509. The van der Waals surface area contributed by atoms with Crippen LogP contribution in [0.25, 0.3) is 11.8 Å². The number of ether oxygens (including phenoxy) is 2. The average Bonchev–Trinajstić information content (AvgIpc) is 3.53. The Morgan fingerprint density at radius 2 is 1.86 bits per heavy atom. The van der Waals surface area contributed by atoms with E-state index in [2.05, 4.69) is 4.74 Å². The van der Waals surface area contributed by atoms with Gasteiger partial charge in [0, 0.05) is 10.4 Å². The number of fused-ring (bicyclic) bond motifs is 1. The monoisotopic (exact) mass is 538 g/mol. The van der Waals surface area contributed by atoms with Crippen LogP contribution in [-0.4, -0.2) is 23.8 Å². The first kappa shape index (κ1) is 24.8. The van der Waals surface area contributed by atoms with Crippen molar-refractivity contribution in [1.82, 2.24) is 4.57 Å². The molecular formula is C27H20F2N2O4S2. The molecule has 188 valence electrons. The van der Waals surface area contributed by atoms with Crippen LogP contribution in [0.3, 0.4) is 0 Å². The Hall–Kier alpha value is -3.89. The summed E-state index contributed by atoms with van der Waals surface area (Å²) < 4.78 is 36.7. The summed E-state index contributed by atoms with van der Waals surface area (Å²) in [4.78, 5) is 33.0. The fraction of sp³-hybridized carbons (Fsp3) is 0.148. The Labute approximate surface area is 218 Å². The first-order valence-corrected chi connectivity index (χ1v) is 13.0. The molecule has 3 heterocycles. The summed E-state index contributed by atoms with van der Waals surface area (Å²) >= 11 is 2.63. The molecule has 0 fully saturated rings. The van der Waals surface area contributed by atoms with E-state index < -0.39 is 18.6 Å². The maximum absolute atomic E-state index is 13.7. The molecule has 10 heteroatoms. The molecule has 0 saturated heterocycles. The fourth-order valence-corrected chi connectivity index (χ4v) is 5.88. The molecule has 1 aliphatic heterocycles. The van der Waals surface area contributed by atoms with Gasteiger partial charge in [-0.3, -0.25) is 9.36 Å². The maximum atomic E-state index is 13.7. The fourth-order valence-electron chi connectivity index (χ4n) is 4.05. The van der Waals surface area contributed by atoms with E-state index in [1.807, 2.05) is 47.8 Å². The van der Waals surface area contributed by atoms with E-state index in [-0.39, 0.29) is 17.9 Å². The minimum Gasteiger partial charge on any atom is -0.463 e. The van der Waals surface area contributed by atoms with Crippen molar-refractivity contribution < 1.29 is 23.0 Å². The molecule has 0 bridgehead atoms. The topological polar surface area (TPSA) is 69.9 Å². The molecule has 2 aromatic carbocycles. The largest absolute Gasteiger partial charge is 0.463 e. The third-order valence-electron chi connectivity index (χ3n) is 5.59. The van der Waals surface area contributed by atoms with Crippen molar-refractivity contribution in [3.8, 4) is 5.75 Å². The third kappa shape index (κ3) is 5.03. The van der Waals surface area contributed by atoms with Crippen LogP contribution in [-0.2, 0) is 9.53 Å². The van der Waals surface area contributed by atoms with Crippen molar-refractivity contribution in [3.63, 3.8) is 0 Å². The van der Waals surface area contributed by atoms with Crippen LogP contribution >= 0.6 is 22.7 Å². The Morgan fingerprint density at radius 1 is 1.11 bits per heavy atom. The van der Waals surface area contributed by atoms with E-state index in [1.165, 1.54) is 39.4 Å². The first-order valence-electron chi connectivity index (χ1n) is 11.3. The minimum atomic E-state index is -2.92. The molecular weight excluding hydrogens is 518 g/mol. The van der Waals surface area contributed by atoms with Crippen LogP contribution < -0.4 is 19.6 Å². The molecule has 0 unspecified atom stereocenters. The van der Waals surface area contributed by atoms with E-state index >= 15 is 0 Å². The summed E-state index contributed by atoms with van der Waals surface area (Å²) in [5, 5.41) is 1.89. The number of esters is 1. The van der Waals surface area contributed by atoms with Crippen molar-refractivity contribution in [2.75, 3.05) is 6.61 Å². The Balaban J connectivity index is 1.71. The van der Waals surface area contributed by atoms with E-state index in [0.29, 0.717) is 26.2 Å². The van der Waals surface area contributed by atoms with Gasteiger partial charge in [0.25, 0.3) is 5.56 Å². The lowest BCUT2D eigenvalue weighted by Gasteiger charge is -2.24. The van der Waals surface area contributed by atoms with Gasteiger partial charge in [-0.2, -0.15) is 8.78 Å². The molecule has 0 spiro atoms. The first-order chi connectivity index (χ1) is 18.0. The summed E-state index contributed by atoms with van der Waals surface area (Å²) in [6, 6.07) is 18.3. The van der Waals surface area contributed by atoms with Crippen molar-refractivity contribution in [3.05, 3.63) is 113 Å². The second-order valence-corrected chi connectivity index (χ2v) is 9.88. The Kier molecular flexibility index (Phi) is 7.11. The van der Waals surface area contributed by atoms with Crippen LogP contribution in [0.2, 0.25) is 0 Å². The summed E-state index contributed by atoms with van der Waals surface area (Å²) in [7, 11) is 0. The summed E-state index contributed by atoms with van der Waals surface area (Å²) in [6.07, 6.45) is 1.66. The van der Waals surface area contributed by atoms with E-state index in [4.69, 9.17) is 9.73 Å². The predicted molar refractivity (Wildman–Crippen MR) is 138 cm³/mol. The number of carbonyl (C=O) groups excluding carboxylic acids is 1. The highest BCUT2D eigenvalue weighted by Gasteiger charge is 2.35. The number of benzene rings is 2. The predicted octanol–water partition coefficient (Wildman–Crippen LogP) is 4.60. The summed E-state index contributed by atoms with van der Waals surface area (Å²) in [6.45, 7) is -1.01. The van der Waals surface area contributed by atoms with E-state index in [9.17, 15) is 18.4 Å². The van der Waals surface area contributed by atoms with Gasteiger partial charge in [-0.05, 0) is 42.1 Å². The standard InChI is InChI=1S/C27H20F2N2O4S2/c1-2-34-25(33)21-22(17-7-4-3-5-8-17)30-27-31(23(21)19-9-6-14-36-19)24(32)20(37-27)15-16-10-12-18(13-11-16)35-26(28)29/h3-15,23,26H,2H2,1H3/b20-15+/t23-/m1/s1. The number of thiophene rings is 1. The number of nitrogens with zero attached hydrogens (tertiary/aromatic N) is 2. The SMILES string of the molecule is CCOC(=O)C1=C(c2ccccc2)N=c2s/c(=C/c3ccc(OC(F)F)cc3)c(=O)n2[C@@H]1c1cccs1. The molecule has 1 atom stereocenters. The third-order valence-corrected chi connectivity index (χ3v) is 7.50. The number of alkyl halides is 2. The van der Waals surface area contributed by atoms with Gasteiger partial charge in [-0.1, -0.05) is 59.9 Å². The van der Waals surface area contributed by atoms with Gasteiger partial charge >= 0.3 is 12.6 Å². The average molecular weight is 539 g/mol. The zero-order valence-corrected chi connectivity index (χ0v) is 21.1. The van der Waals surface area contributed by atoms with Crippen molar-refractivity contribution in [1.29, 1.82) is 0 Å². The quantitative estimate of drug-likeness (QED) is 0.323. The zero-order valence-electron chi connectivity index (χ0n) is 19.5. The maximum Gasteiger partial charge on any atom is 0.387 e. The molecule has 0 radical (unpaired) electrons. The molecule has 37 heavy (non-hydrogen) atoms. The second-order valence-electron chi connectivity index (χ2n) is 7.89. The van der Waals surface area contributed by atoms with Crippen molar-refractivity contribution in [2.24, 2.45) is 4.99 Å². The van der Waals surface area contributed by atoms with Gasteiger partial charge in [0.2, 0.25) is 0 Å². The van der Waals surface area contributed by atoms with Crippen LogP contribution in [0, 0.1) is 0 Å². The van der Waals surface area contributed by atoms with Crippen molar-refractivity contribution in [2.45, 2.75) is 19.6 Å². The lowest BCUT2D eigenvalue weighted by atomic mass is 9.97. The molecule has 0 aliphatic carbocycles. The van der Waals surface area contributed by atoms with Gasteiger partial charge in [0.05, 0.1) is 22.4 Å². The van der Waals surface area contributed by atoms with Gasteiger partial charge in [0.15, 0.2) is 4.80 Å². The summed E-state index contributed by atoms with van der Waals surface area (Å²) in [5.41, 5.74) is 1.80. The number of hydrogen-bond donors (Lipinski definition) is 0. The highest BCUT2D eigenvalue weighted by atomic mass is 32.1. The molecule has 1 aliphatic rings. The number of thiazole rings is 1. The molecule has 5 rings (SSSR count). The lowest BCUT2D eigenvalue weighted by Crippen LogP contribution is -2.39. The lowest BCUT2D eigenvalue weighted by molar-refractivity contribution is -0.138. The number of aromatic nitrogens is 1. The zero-order chi connectivity index (χ0) is 25.9. The minimum absolute atomic E-state index is 0.0258. The molecule has 4 aromatic rings. The smallest absolute Gasteiger partial charge is 0.387 e. The normalized spacial score (nSPS) is 15.5. The number of halogens is 2. The van der Waals surface area contributed by atoms with Crippen LogP contribution in [0.1, 0.15) is 29.0 Å². The highest BCUT2D eigenvalue weighted by Crippen LogP contribution is 2.36. The number of hydrogen-bond acceptors (Lipinski definition) is 7. The number of rotatable bonds is 7. The van der Waals surface area contributed by atoms with E-state index in [0.717, 1.165) is 10.4 Å². The molecule has 6 nitrogen and oxygen atoms in total. The number of carbonyl (C=O) groups is 1. The second kappa shape index (κ2) is 10.6. The highest BCUT2D eigenvalue weighted by molar-refractivity contribution is 7.10. The molecule has 0 N–H and O–H groups in total. The van der Waals surface area contributed by atoms with Crippen LogP contribution in [0.15, 0.2) is 87.5 Å². The molecule has 0 amide bonds. The van der Waals surface area contributed by atoms with Crippen LogP contribution in [0.5, 0.6) is 5.75 Å². The van der Waals surface area contributed by atoms with Gasteiger partial charge in [-0.25, -0.2) is 9.79 Å². The molecule has 2 aromatic heterocycles. The van der Waals surface area contributed by atoms with Crippen molar-refractivity contribution >= 4 is 40.4 Å². The van der Waals surface area contributed by atoms with E-state index in [1.54, 1.807) is 25.1 Å². The van der Waals surface area contributed by atoms with Crippen LogP contribution in [0.4, 0.5) is 8.78 Å². The molecule has 0 saturated carbocycles. The van der Waals surface area contributed by atoms with Gasteiger partial charge in [-0.15, -0.1) is 11.3 Å². The Bertz CT molecular complexity index is 1620. The Morgan fingerprint density at radius 3 is 2.51 bits per heavy atom.